The zero-order valence-corrected chi connectivity index (χ0v) is 21.0. The Labute approximate surface area is 220 Å². The van der Waals surface area contributed by atoms with Crippen LogP contribution in [0.3, 0.4) is 0 Å². The summed E-state index contributed by atoms with van der Waals surface area (Å²) in [7, 11) is 1.55. The van der Waals surface area contributed by atoms with Crippen molar-refractivity contribution in [3.8, 4) is 11.5 Å². The molecule has 1 fully saturated rings. The van der Waals surface area contributed by atoms with E-state index in [0.717, 1.165) is 11.1 Å². The number of ketones is 1. The minimum Gasteiger partial charge on any atom is -0.507 e. The van der Waals surface area contributed by atoms with Gasteiger partial charge in [0.1, 0.15) is 23.9 Å². The number of hydrogen-bond donors (Lipinski definition) is 1. The molecule has 1 atom stereocenters. The van der Waals surface area contributed by atoms with Crippen molar-refractivity contribution in [2.24, 2.45) is 0 Å². The van der Waals surface area contributed by atoms with Crippen molar-refractivity contribution in [2.75, 3.05) is 12.0 Å². The molecule has 1 amide bonds. The lowest BCUT2D eigenvalue weighted by Gasteiger charge is -2.25. The van der Waals surface area contributed by atoms with Gasteiger partial charge >= 0.3 is 0 Å². The smallest absolute Gasteiger partial charge is 0.300 e. The number of methoxy groups -OCH3 is 1. The maximum Gasteiger partial charge on any atom is 0.300 e. The molecule has 0 bridgehead atoms. The number of hydrogen-bond acceptors (Lipinski definition) is 6. The van der Waals surface area contributed by atoms with Crippen molar-refractivity contribution < 1.29 is 24.2 Å². The summed E-state index contributed by atoms with van der Waals surface area (Å²) < 4.78 is 11.2. The van der Waals surface area contributed by atoms with Crippen molar-refractivity contribution in [1.82, 2.24) is 4.98 Å². The third-order valence-corrected chi connectivity index (χ3v) is 6.48. The summed E-state index contributed by atoms with van der Waals surface area (Å²) in [6.45, 7) is 2.27. The van der Waals surface area contributed by atoms with E-state index in [1.54, 1.807) is 74.1 Å². The second-order valence-corrected chi connectivity index (χ2v) is 8.91. The van der Waals surface area contributed by atoms with Gasteiger partial charge in [0.2, 0.25) is 0 Å². The molecule has 7 nitrogen and oxygen atoms in total. The number of aryl methyl sites for hydroxylation is 1. The molecule has 5 rings (SSSR count). The number of carbonyl (C=O) groups excluding carboxylic acids is 2. The summed E-state index contributed by atoms with van der Waals surface area (Å²) in [6, 6.07) is 24.5. The van der Waals surface area contributed by atoms with Crippen LogP contribution in [0.1, 0.15) is 28.3 Å². The second kappa shape index (κ2) is 10.6. The number of amides is 1. The first kappa shape index (κ1) is 24.8. The Balaban J connectivity index is 1.54. The third kappa shape index (κ3) is 4.74. The maximum absolute atomic E-state index is 13.3. The molecule has 0 spiro atoms. The van der Waals surface area contributed by atoms with E-state index in [1.165, 1.54) is 4.90 Å². The lowest BCUT2D eigenvalue weighted by atomic mass is 9.95. The monoisotopic (exact) mass is 506 g/mol. The standard InChI is InChI=1S/C31H26N2O5/c1-20-17-22(10-15-26(20)38-19-21-7-4-3-5-8-21)29(34)27-28(23-9-6-16-32-18-23)33(31(36)30(27)35)24-11-13-25(37-2)14-12-24/h3-18,28,34H,19H2,1-2H3/b29-27-. The maximum atomic E-state index is 13.3. The normalized spacial score (nSPS) is 16.5. The molecule has 0 aliphatic carbocycles. The first-order valence-corrected chi connectivity index (χ1v) is 12.1. The summed E-state index contributed by atoms with van der Waals surface area (Å²) in [5.74, 6) is -0.480. The number of aromatic nitrogens is 1. The van der Waals surface area contributed by atoms with Crippen LogP contribution in [0.15, 0.2) is 103 Å². The van der Waals surface area contributed by atoms with Crippen LogP contribution in [0.4, 0.5) is 5.69 Å². The van der Waals surface area contributed by atoms with Crippen molar-refractivity contribution in [3.63, 3.8) is 0 Å². The predicted octanol–water partition coefficient (Wildman–Crippen LogP) is 5.60. The minimum atomic E-state index is -0.855. The zero-order valence-electron chi connectivity index (χ0n) is 21.0. The van der Waals surface area contributed by atoms with Gasteiger partial charge in [0, 0.05) is 23.6 Å². The highest BCUT2D eigenvalue weighted by molar-refractivity contribution is 6.51. The van der Waals surface area contributed by atoms with E-state index in [9.17, 15) is 14.7 Å². The van der Waals surface area contributed by atoms with Gasteiger partial charge in [-0.25, -0.2) is 0 Å². The Morgan fingerprint density at radius 2 is 1.74 bits per heavy atom. The topological polar surface area (TPSA) is 89.0 Å². The fraction of sp³-hybridized carbons (Fsp3) is 0.129. The van der Waals surface area contributed by atoms with Gasteiger partial charge in [-0.2, -0.15) is 0 Å². The number of aliphatic hydroxyl groups is 1. The van der Waals surface area contributed by atoms with E-state index < -0.39 is 17.7 Å². The van der Waals surface area contributed by atoms with Crippen LogP contribution >= 0.6 is 0 Å². The van der Waals surface area contributed by atoms with Gasteiger partial charge in [-0.3, -0.25) is 19.5 Å². The fourth-order valence-electron chi connectivity index (χ4n) is 4.54. The minimum absolute atomic E-state index is 0.00354. The number of pyridine rings is 1. The Morgan fingerprint density at radius 3 is 2.39 bits per heavy atom. The number of carbonyl (C=O) groups is 2. The van der Waals surface area contributed by atoms with E-state index in [2.05, 4.69) is 4.98 Å². The molecule has 2 heterocycles. The van der Waals surface area contributed by atoms with Crippen LogP contribution in [-0.2, 0) is 16.2 Å². The summed E-state index contributed by atoms with van der Waals surface area (Å²) in [4.78, 5) is 32.2. The number of benzene rings is 3. The van der Waals surface area contributed by atoms with Crippen LogP contribution in [0.2, 0.25) is 0 Å². The molecule has 1 aromatic heterocycles. The Bertz CT molecular complexity index is 1500. The number of nitrogens with zero attached hydrogens (tertiary/aromatic N) is 2. The predicted molar refractivity (Wildman–Crippen MR) is 144 cm³/mol. The molecule has 0 saturated carbocycles. The highest BCUT2D eigenvalue weighted by Gasteiger charge is 2.47. The summed E-state index contributed by atoms with van der Waals surface area (Å²) >= 11 is 0. The number of Topliss-reactive ketones (excluding diaryl/α,β-unsaturated/α-hetero) is 1. The molecular formula is C31H26N2O5. The van der Waals surface area contributed by atoms with Crippen LogP contribution in [0.5, 0.6) is 11.5 Å². The van der Waals surface area contributed by atoms with Gasteiger partial charge < -0.3 is 14.6 Å². The molecule has 38 heavy (non-hydrogen) atoms. The molecule has 1 unspecified atom stereocenters. The first-order chi connectivity index (χ1) is 18.5. The van der Waals surface area contributed by atoms with E-state index in [1.807, 2.05) is 37.3 Å². The lowest BCUT2D eigenvalue weighted by Crippen LogP contribution is -2.29. The van der Waals surface area contributed by atoms with E-state index >= 15 is 0 Å². The van der Waals surface area contributed by atoms with Crippen LogP contribution < -0.4 is 14.4 Å². The summed E-state index contributed by atoms with van der Waals surface area (Å²) in [5.41, 5.74) is 3.33. The molecule has 4 aromatic rings. The Kier molecular flexibility index (Phi) is 6.91. The quantitative estimate of drug-likeness (QED) is 0.199. The Morgan fingerprint density at radius 1 is 0.974 bits per heavy atom. The largest absolute Gasteiger partial charge is 0.507 e. The molecule has 1 aliphatic rings. The van der Waals surface area contributed by atoms with Crippen molar-refractivity contribution in [3.05, 3.63) is 125 Å². The SMILES string of the molecule is COc1ccc(N2C(=O)C(=O)/C(=C(\O)c3ccc(OCc4ccccc4)c(C)c3)C2c2cccnc2)cc1. The van der Waals surface area contributed by atoms with Crippen molar-refractivity contribution in [2.45, 2.75) is 19.6 Å². The van der Waals surface area contributed by atoms with E-state index in [4.69, 9.17) is 9.47 Å². The number of rotatable bonds is 7. The van der Waals surface area contributed by atoms with Crippen LogP contribution in [0, 0.1) is 6.92 Å². The van der Waals surface area contributed by atoms with Crippen molar-refractivity contribution >= 4 is 23.1 Å². The molecule has 3 aromatic carbocycles. The first-order valence-electron chi connectivity index (χ1n) is 12.1. The lowest BCUT2D eigenvalue weighted by molar-refractivity contribution is -0.132. The molecule has 190 valence electrons. The summed E-state index contributed by atoms with van der Waals surface area (Å²) in [6.07, 6.45) is 3.20. The number of anilines is 1. The highest BCUT2D eigenvalue weighted by Crippen LogP contribution is 2.42. The van der Waals surface area contributed by atoms with Crippen molar-refractivity contribution in [1.29, 1.82) is 0 Å². The van der Waals surface area contributed by atoms with Gasteiger partial charge in [0.15, 0.2) is 0 Å². The molecule has 0 radical (unpaired) electrons. The average Bonchev–Trinajstić information content (AvgIpc) is 3.23. The van der Waals surface area contributed by atoms with E-state index in [0.29, 0.717) is 34.9 Å². The van der Waals surface area contributed by atoms with Crippen LogP contribution in [0.25, 0.3) is 5.76 Å². The molecule has 1 aliphatic heterocycles. The fourth-order valence-corrected chi connectivity index (χ4v) is 4.54. The third-order valence-electron chi connectivity index (χ3n) is 6.48. The average molecular weight is 507 g/mol. The molecule has 7 heteroatoms. The number of aliphatic hydroxyl groups excluding tert-OH is 1. The van der Waals surface area contributed by atoms with E-state index in [-0.39, 0.29) is 11.3 Å². The van der Waals surface area contributed by atoms with Gasteiger partial charge in [-0.15, -0.1) is 0 Å². The summed E-state index contributed by atoms with van der Waals surface area (Å²) in [5, 5.41) is 11.4. The highest BCUT2D eigenvalue weighted by atomic mass is 16.5. The van der Waals surface area contributed by atoms with Gasteiger partial charge in [-0.1, -0.05) is 36.4 Å². The second-order valence-electron chi connectivity index (χ2n) is 8.91. The van der Waals surface area contributed by atoms with Gasteiger partial charge in [0.05, 0.1) is 18.7 Å². The molecule has 1 saturated heterocycles. The van der Waals surface area contributed by atoms with Crippen LogP contribution in [-0.4, -0.2) is 28.9 Å². The molecule has 1 N–H and O–H groups in total. The zero-order chi connectivity index (χ0) is 26.6. The number of ether oxygens (including phenoxy) is 2. The van der Waals surface area contributed by atoms with Gasteiger partial charge in [0.25, 0.3) is 11.7 Å². The van der Waals surface area contributed by atoms with Gasteiger partial charge in [-0.05, 0) is 72.1 Å². The Hall–Kier alpha value is -4.91. The molecular weight excluding hydrogens is 480 g/mol.